The molecule has 0 saturated carbocycles. The van der Waals surface area contributed by atoms with Crippen molar-refractivity contribution in [2.45, 2.75) is 12.8 Å². The van der Waals surface area contributed by atoms with E-state index in [9.17, 15) is 4.79 Å². The van der Waals surface area contributed by atoms with Crippen molar-refractivity contribution in [2.24, 2.45) is 0 Å². The number of nitrogens with one attached hydrogen (secondary N) is 1. The molecule has 0 aliphatic heterocycles. The number of aromatic amines is 1. The summed E-state index contributed by atoms with van der Waals surface area (Å²) in [6.45, 7) is 1.61. The SMILES string of the molecule is COc1ccccc1-c1cc(C(C)C(=O)O)[nH]n1. The van der Waals surface area contributed by atoms with Crippen LogP contribution in [-0.2, 0) is 4.79 Å². The number of carboxylic acid groups (broad SMARTS) is 1. The fourth-order valence-corrected chi connectivity index (χ4v) is 1.69. The van der Waals surface area contributed by atoms with E-state index in [-0.39, 0.29) is 0 Å². The maximum absolute atomic E-state index is 10.9. The number of methoxy groups -OCH3 is 1. The normalized spacial score (nSPS) is 12.1. The molecule has 2 N–H and O–H groups in total. The van der Waals surface area contributed by atoms with E-state index in [0.717, 1.165) is 5.56 Å². The number of hydrogen-bond donors (Lipinski definition) is 2. The summed E-state index contributed by atoms with van der Waals surface area (Å²) in [6.07, 6.45) is 0. The van der Waals surface area contributed by atoms with Gasteiger partial charge in [-0.15, -0.1) is 0 Å². The summed E-state index contributed by atoms with van der Waals surface area (Å²) in [6, 6.07) is 9.20. The minimum absolute atomic E-state index is 0.573. The molecular weight excluding hydrogens is 232 g/mol. The highest BCUT2D eigenvalue weighted by atomic mass is 16.5. The first kappa shape index (κ1) is 12.2. The number of rotatable bonds is 4. The van der Waals surface area contributed by atoms with E-state index in [1.807, 2.05) is 24.3 Å². The van der Waals surface area contributed by atoms with Crippen LogP contribution in [0, 0.1) is 0 Å². The van der Waals surface area contributed by atoms with Crippen LogP contribution in [0.1, 0.15) is 18.5 Å². The predicted octanol–water partition coefficient (Wildman–Crippen LogP) is 2.27. The fourth-order valence-electron chi connectivity index (χ4n) is 1.69. The van der Waals surface area contributed by atoms with Gasteiger partial charge < -0.3 is 9.84 Å². The molecule has 5 nitrogen and oxygen atoms in total. The highest BCUT2D eigenvalue weighted by Crippen LogP contribution is 2.29. The molecule has 0 amide bonds. The summed E-state index contributed by atoms with van der Waals surface area (Å²) >= 11 is 0. The van der Waals surface area contributed by atoms with Crippen molar-refractivity contribution in [3.63, 3.8) is 0 Å². The van der Waals surface area contributed by atoms with E-state index in [2.05, 4.69) is 10.2 Å². The Balaban J connectivity index is 2.38. The zero-order valence-corrected chi connectivity index (χ0v) is 10.2. The molecule has 0 spiro atoms. The molecule has 0 bridgehead atoms. The van der Waals surface area contributed by atoms with Gasteiger partial charge in [-0.3, -0.25) is 9.89 Å². The van der Waals surface area contributed by atoms with Gasteiger partial charge in [-0.05, 0) is 25.1 Å². The number of carboxylic acids is 1. The van der Waals surface area contributed by atoms with Gasteiger partial charge in [-0.25, -0.2) is 0 Å². The maximum Gasteiger partial charge on any atom is 0.312 e. The Hall–Kier alpha value is -2.30. The number of aliphatic carboxylic acids is 1. The number of hydrogen-bond acceptors (Lipinski definition) is 3. The smallest absolute Gasteiger partial charge is 0.312 e. The van der Waals surface area contributed by atoms with Gasteiger partial charge in [0.05, 0.1) is 18.7 Å². The molecular formula is C13H14N2O3. The highest BCUT2D eigenvalue weighted by Gasteiger charge is 2.17. The van der Waals surface area contributed by atoms with E-state index in [4.69, 9.17) is 9.84 Å². The van der Waals surface area contributed by atoms with Gasteiger partial charge in [-0.1, -0.05) is 12.1 Å². The van der Waals surface area contributed by atoms with Gasteiger partial charge in [0, 0.05) is 11.3 Å². The lowest BCUT2D eigenvalue weighted by Crippen LogP contribution is -2.07. The molecule has 18 heavy (non-hydrogen) atoms. The van der Waals surface area contributed by atoms with Crippen LogP contribution in [0.4, 0.5) is 0 Å². The number of carbonyl (C=O) groups is 1. The predicted molar refractivity (Wildman–Crippen MR) is 66.6 cm³/mol. The van der Waals surface area contributed by atoms with E-state index in [1.165, 1.54) is 0 Å². The van der Waals surface area contributed by atoms with Gasteiger partial charge in [-0.2, -0.15) is 5.10 Å². The molecule has 0 saturated heterocycles. The van der Waals surface area contributed by atoms with Crippen molar-refractivity contribution < 1.29 is 14.6 Å². The summed E-state index contributed by atoms with van der Waals surface area (Å²) in [5.74, 6) is -0.787. The number of benzene rings is 1. The lowest BCUT2D eigenvalue weighted by atomic mass is 10.1. The number of para-hydroxylation sites is 1. The molecule has 0 aliphatic rings. The molecule has 0 aliphatic carbocycles. The van der Waals surface area contributed by atoms with Gasteiger partial charge in [0.25, 0.3) is 0 Å². The summed E-state index contributed by atoms with van der Waals surface area (Å²) in [5, 5.41) is 15.8. The largest absolute Gasteiger partial charge is 0.496 e. The van der Waals surface area contributed by atoms with Crippen LogP contribution >= 0.6 is 0 Å². The summed E-state index contributed by atoms with van der Waals surface area (Å²) in [5.41, 5.74) is 2.08. The molecule has 1 heterocycles. The van der Waals surface area contributed by atoms with Crippen LogP contribution in [0.15, 0.2) is 30.3 Å². The van der Waals surface area contributed by atoms with Crippen LogP contribution in [-0.4, -0.2) is 28.4 Å². The van der Waals surface area contributed by atoms with Crippen LogP contribution in [0.2, 0.25) is 0 Å². The van der Waals surface area contributed by atoms with E-state index in [0.29, 0.717) is 17.1 Å². The van der Waals surface area contributed by atoms with Crippen molar-refractivity contribution in [1.82, 2.24) is 10.2 Å². The summed E-state index contributed by atoms with van der Waals surface area (Å²) < 4.78 is 5.25. The first-order valence-corrected chi connectivity index (χ1v) is 5.55. The van der Waals surface area contributed by atoms with Crippen molar-refractivity contribution in [2.75, 3.05) is 7.11 Å². The second kappa shape index (κ2) is 4.91. The molecule has 1 atom stereocenters. The molecule has 0 radical (unpaired) electrons. The zero-order chi connectivity index (χ0) is 13.1. The van der Waals surface area contributed by atoms with Gasteiger partial charge in [0.1, 0.15) is 5.75 Å². The van der Waals surface area contributed by atoms with Crippen LogP contribution in [0.3, 0.4) is 0 Å². The van der Waals surface area contributed by atoms with Crippen molar-refractivity contribution in [3.05, 3.63) is 36.0 Å². The van der Waals surface area contributed by atoms with Crippen LogP contribution < -0.4 is 4.74 Å². The van der Waals surface area contributed by atoms with Gasteiger partial charge >= 0.3 is 5.97 Å². The third-order valence-electron chi connectivity index (χ3n) is 2.82. The number of ether oxygens (including phenoxy) is 1. The van der Waals surface area contributed by atoms with Gasteiger partial charge in [0.2, 0.25) is 0 Å². The Kier molecular flexibility index (Phi) is 3.32. The molecule has 5 heteroatoms. The quantitative estimate of drug-likeness (QED) is 0.867. The Morgan fingerprint density at radius 3 is 2.83 bits per heavy atom. The van der Waals surface area contributed by atoms with Crippen LogP contribution in [0.25, 0.3) is 11.3 Å². The Morgan fingerprint density at radius 2 is 2.17 bits per heavy atom. The fraction of sp³-hybridized carbons (Fsp3) is 0.231. The van der Waals surface area contributed by atoms with E-state index < -0.39 is 11.9 Å². The summed E-state index contributed by atoms with van der Waals surface area (Å²) in [4.78, 5) is 10.9. The van der Waals surface area contributed by atoms with Crippen molar-refractivity contribution in [3.8, 4) is 17.0 Å². The second-order valence-corrected chi connectivity index (χ2v) is 3.97. The molecule has 2 aromatic rings. The van der Waals surface area contributed by atoms with Crippen molar-refractivity contribution >= 4 is 5.97 Å². The van der Waals surface area contributed by atoms with Crippen LogP contribution in [0.5, 0.6) is 5.75 Å². The molecule has 1 aromatic heterocycles. The minimum Gasteiger partial charge on any atom is -0.496 e. The molecule has 0 fully saturated rings. The minimum atomic E-state index is -0.884. The molecule has 1 aromatic carbocycles. The lowest BCUT2D eigenvalue weighted by Gasteiger charge is -2.04. The zero-order valence-electron chi connectivity index (χ0n) is 10.2. The summed E-state index contributed by atoms with van der Waals surface area (Å²) in [7, 11) is 1.59. The standard InChI is InChI=1S/C13H14N2O3/c1-8(13(16)17)10-7-11(15-14-10)9-5-3-4-6-12(9)18-2/h3-8H,1-2H3,(H,14,15)(H,16,17). The Labute approximate surface area is 104 Å². The molecule has 94 valence electrons. The van der Waals surface area contributed by atoms with E-state index >= 15 is 0 Å². The molecule has 2 rings (SSSR count). The third kappa shape index (κ3) is 2.20. The lowest BCUT2D eigenvalue weighted by molar-refractivity contribution is -0.138. The Bertz CT molecular complexity index is 563. The Morgan fingerprint density at radius 1 is 1.44 bits per heavy atom. The number of aromatic nitrogens is 2. The highest BCUT2D eigenvalue weighted by molar-refractivity contribution is 5.76. The monoisotopic (exact) mass is 246 g/mol. The van der Waals surface area contributed by atoms with Gasteiger partial charge in [0.15, 0.2) is 0 Å². The average Bonchev–Trinajstić information content (AvgIpc) is 2.87. The first-order valence-electron chi connectivity index (χ1n) is 5.55. The average molecular weight is 246 g/mol. The maximum atomic E-state index is 10.9. The number of nitrogens with zero attached hydrogens (tertiary/aromatic N) is 1. The number of H-pyrrole nitrogens is 1. The van der Waals surface area contributed by atoms with E-state index in [1.54, 1.807) is 20.1 Å². The topological polar surface area (TPSA) is 75.2 Å². The molecule has 1 unspecified atom stereocenters. The van der Waals surface area contributed by atoms with Crippen molar-refractivity contribution in [1.29, 1.82) is 0 Å². The first-order chi connectivity index (χ1) is 8.63. The third-order valence-corrected chi connectivity index (χ3v) is 2.82. The second-order valence-electron chi connectivity index (χ2n) is 3.97.